The molecule has 3 aromatic rings. The standard InChI is InChI=1S/C18H22N6/c1-12-3-5-14(6-4-12)18-15(10-20-23-18)9-19-16-7-8-17-22-21-13(2)24(17)11-16/h3-6,10,16,19H,7-9,11H2,1-2H3,(H,20,23)/t16-/m1/s1. The first kappa shape index (κ1) is 15.1. The zero-order chi connectivity index (χ0) is 16.5. The normalized spacial score (nSPS) is 17.0. The van der Waals surface area contributed by atoms with Gasteiger partial charge in [-0.2, -0.15) is 5.10 Å². The Kier molecular flexibility index (Phi) is 3.90. The fraction of sp³-hybridized carbons (Fsp3) is 0.389. The summed E-state index contributed by atoms with van der Waals surface area (Å²) >= 11 is 0. The molecule has 4 rings (SSSR count). The molecular weight excluding hydrogens is 300 g/mol. The van der Waals surface area contributed by atoms with E-state index in [4.69, 9.17) is 0 Å². The third kappa shape index (κ3) is 2.85. The Balaban J connectivity index is 1.45. The maximum atomic E-state index is 4.24. The molecule has 1 aliphatic heterocycles. The smallest absolute Gasteiger partial charge is 0.133 e. The number of hydrogen-bond acceptors (Lipinski definition) is 4. The molecule has 3 heterocycles. The first-order valence-electron chi connectivity index (χ1n) is 8.42. The molecule has 0 amide bonds. The Hall–Kier alpha value is -2.47. The van der Waals surface area contributed by atoms with Gasteiger partial charge in [0.05, 0.1) is 11.9 Å². The summed E-state index contributed by atoms with van der Waals surface area (Å²) < 4.78 is 2.22. The Labute approximate surface area is 141 Å². The van der Waals surface area contributed by atoms with Gasteiger partial charge in [-0.05, 0) is 25.8 Å². The van der Waals surface area contributed by atoms with Gasteiger partial charge in [0.1, 0.15) is 11.6 Å². The van der Waals surface area contributed by atoms with Crippen LogP contribution in [0.15, 0.2) is 30.5 Å². The molecule has 2 N–H and O–H groups in total. The molecule has 0 spiro atoms. The molecule has 124 valence electrons. The Morgan fingerprint density at radius 1 is 1.21 bits per heavy atom. The Morgan fingerprint density at radius 3 is 2.88 bits per heavy atom. The molecule has 0 fully saturated rings. The Morgan fingerprint density at radius 2 is 2.04 bits per heavy atom. The second-order valence-corrected chi connectivity index (χ2v) is 6.53. The van der Waals surface area contributed by atoms with Crippen molar-refractivity contribution in [2.75, 3.05) is 0 Å². The number of aromatic amines is 1. The number of hydrogen-bond donors (Lipinski definition) is 2. The molecule has 0 saturated carbocycles. The van der Waals surface area contributed by atoms with E-state index in [-0.39, 0.29) is 0 Å². The highest BCUT2D eigenvalue weighted by Gasteiger charge is 2.21. The molecule has 6 heteroatoms. The van der Waals surface area contributed by atoms with Gasteiger partial charge in [0.25, 0.3) is 0 Å². The summed E-state index contributed by atoms with van der Waals surface area (Å²) in [7, 11) is 0. The van der Waals surface area contributed by atoms with E-state index in [1.807, 2.05) is 13.1 Å². The van der Waals surface area contributed by atoms with Gasteiger partial charge in [0, 0.05) is 31.1 Å². The van der Waals surface area contributed by atoms with Gasteiger partial charge in [-0.15, -0.1) is 10.2 Å². The summed E-state index contributed by atoms with van der Waals surface area (Å²) in [5.74, 6) is 2.11. The third-order valence-corrected chi connectivity index (χ3v) is 4.77. The van der Waals surface area contributed by atoms with Crippen LogP contribution in [0.5, 0.6) is 0 Å². The van der Waals surface area contributed by atoms with E-state index in [0.717, 1.165) is 43.3 Å². The lowest BCUT2D eigenvalue weighted by Gasteiger charge is -2.25. The number of aryl methyl sites for hydroxylation is 3. The van der Waals surface area contributed by atoms with Gasteiger partial charge in [0.2, 0.25) is 0 Å². The van der Waals surface area contributed by atoms with Crippen molar-refractivity contribution in [1.82, 2.24) is 30.3 Å². The van der Waals surface area contributed by atoms with Gasteiger partial charge in [0.15, 0.2) is 0 Å². The van der Waals surface area contributed by atoms with Crippen LogP contribution >= 0.6 is 0 Å². The molecule has 0 bridgehead atoms. The second-order valence-electron chi connectivity index (χ2n) is 6.53. The van der Waals surface area contributed by atoms with Crippen LogP contribution in [-0.4, -0.2) is 31.0 Å². The molecule has 0 aliphatic carbocycles. The predicted molar refractivity (Wildman–Crippen MR) is 92.5 cm³/mol. The number of aromatic nitrogens is 5. The van der Waals surface area contributed by atoms with Gasteiger partial charge < -0.3 is 9.88 Å². The molecule has 0 unspecified atom stereocenters. The number of benzene rings is 1. The van der Waals surface area contributed by atoms with E-state index in [1.54, 1.807) is 0 Å². The van der Waals surface area contributed by atoms with Crippen molar-refractivity contribution in [3.05, 3.63) is 53.2 Å². The van der Waals surface area contributed by atoms with Crippen molar-refractivity contribution in [3.8, 4) is 11.3 Å². The summed E-state index contributed by atoms with van der Waals surface area (Å²) in [6, 6.07) is 8.97. The lowest BCUT2D eigenvalue weighted by Crippen LogP contribution is -2.37. The summed E-state index contributed by atoms with van der Waals surface area (Å²) in [6.07, 6.45) is 3.99. The van der Waals surface area contributed by atoms with Crippen LogP contribution in [0, 0.1) is 13.8 Å². The maximum Gasteiger partial charge on any atom is 0.133 e. The highest BCUT2D eigenvalue weighted by atomic mass is 15.3. The average Bonchev–Trinajstić information content (AvgIpc) is 3.21. The Bertz CT molecular complexity index is 830. The predicted octanol–water partition coefficient (Wildman–Crippen LogP) is 2.39. The zero-order valence-corrected chi connectivity index (χ0v) is 14.1. The van der Waals surface area contributed by atoms with E-state index < -0.39 is 0 Å². The van der Waals surface area contributed by atoms with Crippen LogP contribution in [0.2, 0.25) is 0 Å². The van der Waals surface area contributed by atoms with Crippen LogP contribution in [-0.2, 0) is 19.5 Å². The van der Waals surface area contributed by atoms with Gasteiger partial charge in [-0.25, -0.2) is 0 Å². The fourth-order valence-electron chi connectivity index (χ4n) is 3.30. The third-order valence-electron chi connectivity index (χ3n) is 4.77. The van der Waals surface area contributed by atoms with Gasteiger partial charge in [-0.3, -0.25) is 5.10 Å². The number of H-pyrrole nitrogens is 1. The van der Waals surface area contributed by atoms with Crippen LogP contribution < -0.4 is 5.32 Å². The zero-order valence-electron chi connectivity index (χ0n) is 14.1. The summed E-state index contributed by atoms with van der Waals surface area (Å²) in [5.41, 5.74) is 4.74. The van der Waals surface area contributed by atoms with Crippen molar-refractivity contribution in [2.45, 2.75) is 45.8 Å². The van der Waals surface area contributed by atoms with Crippen molar-refractivity contribution in [2.24, 2.45) is 0 Å². The highest BCUT2D eigenvalue weighted by Crippen LogP contribution is 2.22. The van der Waals surface area contributed by atoms with Crippen LogP contribution in [0.25, 0.3) is 11.3 Å². The van der Waals surface area contributed by atoms with E-state index in [1.165, 1.54) is 16.7 Å². The maximum absolute atomic E-state index is 4.24. The van der Waals surface area contributed by atoms with Crippen molar-refractivity contribution < 1.29 is 0 Å². The van der Waals surface area contributed by atoms with E-state index in [9.17, 15) is 0 Å². The number of fused-ring (bicyclic) bond motifs is 1. The summed E-state index contributed by atoms with van der Waals surface area (Å²) in [5, 5.41) is 19.4. The minimum absolute atomic E-state index is 0.438. The lowest BCUT2D eigenvalue weighted by molar-refractivity contribution is 0.375. The lowest BCUT2D eigenvalue weighted by atomic mass is 10.0. The average molecular weight is 322 g/mol. The fourth-order valence-corrected chi connectivity index (χ4v) is 3.30. The number of rotatable bonds is 4. The minimum Gasteiger partial charge on any atom is -0.314 e. The minimum atomic E-state index is 0.438. The van der Waals surface area contributed by atoms with Gasteiger partial charge >= 0.3 is 0 Å². The largest absolute Gasteiger partial charge is 0.314 e. The van der Waals surface area contributed by atoms with Crippen LogP contribution in [0.3, 0.4) is 0 Å². The van der Waals surface area contributed by atoms with Crippen LogP contribution in [0.1, 0.15) is 29.2 Å². The number of nitrogens with zero attached hydrogens (tertiary/aromatic N) is 4. The van der Waals surface area contributed by atoms with Crippen LogP contribution in [0.4, 0.5) is 0 Å². The summed E-state index contributed by atoms with van der Waals surface area (Å²) in [6.45, 7) is 5.86. The number of nitrogens with one attached hydrogen (secondary N) is 2. The molecule has 0 radical (unpaired) electrons. The first-order valence-corrected chi connectivity index (χ1v) is 8.42. The van der Waals surface area contributed by atoms with E-state index in [0.29, 0.717) is 6.04 Å². The molecule has 1 atom stereocenters. The molecule has 6 nitrogen and oxygen atoms in total. The van der Waals surface area contributed by atoms with Crippen molar-refractivity contribution >= 4 is 0 Å². The van der Waals surface area contributed by atoms with Crippen molar-refractivity contribution in [3.63, 3.8) is 0 Å². The van der Waals surface area contributed by atoms with E-state index >= 15 is 0 Å². The molecule has 0 saturated heterocycles. The summed E-state index contributed by atoms with van der Waals surface area (Å²) in [4.78, 5) is 0. The quantitative estimate of drug-likeness (QED) is 0.774. The monoisotopic (exact) mass is 322 g/mol. The molecule has 1 aliphatic rings. The molecule has 2 aromatic heterocycles. The molecular formula is C18H22N6. The second kappa shape index (κ2) is 6.20. The highest BCUT2D eigenvalue weighted by molar-refractivity contribution is 5.62. The SMILES string of the molecule is Cc1ccc(-c2[nH]ncc2CN[C@@H]2CCc3nnc(C)n3C2)cc1. The first-order chi connectivity index (χ1) is 11.7. The van der Waals surface area contributed by atoms with E-state index in [2.05, 4.69) is 61.5 Å². The molecule has 24 heavy (non-hydrogen) atoms. The van der Waals surface area contributed by atoms with Gasteiger partial charge in [-0.1, -0.05) is 29.8 Å². The van der Waals surface area contributed by atoms with Crippen molar-refractivity contribution in [1.29, 1.82) is 0 Å². The molecule has 1 aromatic carbocycles. The topological polar surface area (TPSA) is 71.4 Å².